The van der Waals surface area contributed by atoms with Crippen LogP contribution in [0, 0.1) is 0 Å². The minimum Gasteiger partial charge on any atom is -0.330 e. The third-order valence-corrected chi connectivity index (χ3v) is 2.82. The Hall–Kier alpha value is -0.120. The van der Waals surface area contributed by atoms with E-state index in [9.17, 15) is 0 Å². The maximum atomic E-state index is 5.48. The Morgan fingerprint density at radius 1 is 1.15 bits per heavy atom. The predicted octanol–water partition coefficient (Wildman–Crippen LogP) is 0.361. The molecule has 2 N–H and O–H groups in total. The fourth-order valence-corrected chi connectivity index (χ4v) is 1.82. The predicted molar refractivity (Wildman–Crippen MR) is 56.8 cm³/mol. The molecule has 0 atom stereocenters. The van der Waals surface area contributed by atoms with E-state index in [-0.39, 0.29) is 0 Å². The monoisotopic (exact) mass is 185 g/mol. The topological polar surface area (TPSA) is 32.5 Å². The number of nitrogens with zero attached hydrogens (tertiary/aromatic N) is 2. The highest BCUT2D eigenvalue weighted by atomic mass is 15.3. The Morgan fingerprint density at radius 3 is 2.23 bits per heavy atom. The highest BCUT2D eigenvalue weighted by molar-refractivity contribution is 4.73. The molecular weight excluding hydrogens is 162 g/mol. The molecule has 13 heavy (non-hydrogen) atoms. The fourth-order valence-electron chi connectivity index (χ4n) is 1.82. The van der Waals surface area contributed by atoms with Crippen molar-refractivity contribution < 1.29 is 0 Å². The Balaban J connectivity index is 2.15. The average Bonchev–Trinajstić information content (AvgIpc) is 2.15. The smallest absolute Gasteiger partial charge is 0.0113 e. The number of hydrogen-bond donors (Lipinski definition) is 1. The van der Waals surface area contributed by atoms with Crippen LogP contribution in [0.4, 0.5) is 0 Å². The van der Waals surface area contributed by atoms with Gasteiger partial charge >= 0.3 is 0 Å². The van der Waals surface area contributed by atoms with Gasteiger partial charge in [0.1, 0.15) is 0 Å². The summed E-state index contributed by atoms with van der Waals surface area (Å²) in [4.78, 5) is 5.06. The van der Waals surface area contributed by atoms with E-state index in [1.54, 1.807) is 0 Å². The molecule has 0 radical (unpaired) electrons. The maximum Gasteiger partial charge on any atom is 0.0113 e. The average molecular weight is 185 g/mol. The van der Waals surface area contributed by atoms with Crippen LogP contribution in [-0.2, 0) is 0 Å². The first-order valence-corrected chi connectivity index (χ1v) is 5.40. The van der Waals surface area contributed by atoms with Gasteiger partial charge in [0.05, 0.1) is 0 Å². The van der Waals surface area contributed by atoms with Crippen LogP contribution >= 0.6 is 0 Å². The Bertz CT molecular complexity index is 128. The van der Waals surface area contributed by atoms with E-state index in [1.807, 2.05) is 0 Å². The van der Waals surface area contributed by atoms with Crippen molar-refractivity contribution >= 4 is 0 Å². The summed E-state index contributed by atoms with van der Waals surface area (Å²) in [6, 6.07) is 0.705. The highest BCUT2D eigenvalue weighted by Crippen LogP contribution is 2.05. The maximum absolute atomic E-state index is 5.48. The van der Waals surface area contributed by atoms with Crippen LogP contribution in [0.2, 0.25) is 0 Å². The van der Waals surface area contributed by atoms with Crippen molar-refractivity contribution in [3.05, 3.63) is 0 Å². The van der Waals surface area contributed by atoms with Crippen LogP contribution in [0.15, 0.2) is 0 Å². The van der Waals surface area contributed by atoms with Crippen molar-refractivity contribution in [2.75, 3.05) is 39.3 Å². The molecule has 0 spiro atoms. The summed E-state index contributed by atoms with van der Waals surface area (Å²) in [6.45, 7) is 11.4. The summed E-state index contributed by atoms with van der Waals surface area (Å²) >= 11 is 0. The molecular formula is C10H23N3. The molecule has 0 aliphatic carbocycles. The standard InChI is InChI=1S/C10H23N3/c1-10(2)13-8-6-12(7-9-13)5-3-4-11/h10H,3-9,11H2,1-2H3. The van der Waals surface area contributed by atoms with Crippen molar-refractivity contribution in [3.63, 3.8) is 0 Å². The molecule has 0 aromatic heterocycles. The molecule has 0 aromatic rings. The van der Waals surface area contributed by atoms with Gasteiger partial charge in [0.15, 0.2) is 0 Å². The molecule has 0 amide bonds. The molecule has 1 rings (SSSR count). The zero-order valence-corrected chi connectivity index (χ0v) is 9.00. The summed E-state index contributed by atoms with van der Waals surface area (Å²) in [5.41, 5.74) is 5.48. The molecule has 0 aromatic carbocycles. The van der Waals surface area contributed by atoms with Crippen molar-refractivity contribution in [2.24, 2.45) is 5.73 Å². The highest BCUT2D eigenvalue weighted by Gasteiger charge is 2.17. The Morgan fingerprint density at radius 2 is 1.77 bits per heavy atom. The van der Waals surface area contributed by atoms with Crippen LogP contribution < -0.4 is 5.73 Å². The number of piperazine rings is 1. The molecule has 3 heteroatoms. The summed E-state index contributed by atoms with van der Waals surface area (Å²) in [5, 5.41) is 0. The molecule has 1 saturated heterocycles. The van der Waals surface area contributed by atoms with E-state index in [0.717, 1.165) is 13.0 Å². The van der Waals surface area contributed by atoms with Crippen LogP contribution in [0.1, 0.15) is 20.3 Å². The second kappa shape index (κ2) is 5.58. The Labute approximate surface area is 81.9 Å². The van der Waals surface area contributed by atoms with Gasteiger partial charge in [-0.1, -0.05) is 0 Å². The second-order valence-electron chi connectivity index (χ2n) is 4.11. The zero-order valence-electron chi connectivity index (χ0n) is 9.00. The first-order valence-electron chi connectivity index (χ1n) is 5.40. The summed E-state index contributed by atoms with van der Waals surface area (Å²) < 4.78 is 0. The number of rotatable bonds is 4. The molecule has 1 aliphatic heterocycles. The first-order chi connectivity index (χ1) is 6.24. The SMILES string of the molecule is CC(C)N1CCN(CCCN)CC1. The normalized spacial score (nSPS) is 21.2. The molecule has 1 fully saturated rings. The van der Waals surface area contributed by atoms with E-state index < -0.39 is 0 Å². The van der Waals surface area contributed by atoms with Crippen LogP contribution in [0.5, 0.6) is 0 Å². The van der Waals surface area contributed by atoms with Crippen molar-refractivity contribution in [3.8, 4) is 0 Å². The van der Waals surface area contributed by atoms with Crippen LogP contribution in [-0.4, -0.2) is 55.1 Å². The van der Waals surface area contributed by atoms with Crippen molar-refractivity contribution in [1.29, 1.82) is 0 Å². The van der Waals surface area contributed by atoms with Gasteiger partial charge < -0.3 is 10.6 Å². The van der Waals surface area contributed by atoms with Gasteiger partial charge in [0.2, 0.25) is 0 Å². The molecule has 78 valence electrons. The van der Waals surface area contributed by atoms with E-state index >= 15 is 0 Å². The number of hydrogen-bond acceptors (Lipinski definition) is 3. The Kier molecular flexibility index (Phi) is 4.70. The molecule has 3 nitrogen and oxygen atoms in total. The van der Waals surface area contributed by atoms with Crippen molar-refractivity contribution in [1.82, 2.24) is 9.80 Å². The third-order valence-electron chi connectivity index (χ3n) is 2.82. The van der Waals surface area contributed by atoms with Crippen molar-refractivity contribution in [2.45, 2.75) is 26.3 Å². The van der Waals surface area contributed by atoms with E-state index in [4.69, 9.17) is 5.73 Å². The molecule has 0 unspecified atom stereocenters. The summed E-state index contributed by atoms with van der Waals surface area (Å²) in [6.07, 6.45) is 1.14. The minimum atomic E-state index is 0.705. The van der Waals surface area contributed by atoms with Crippen LogP contribution in [0.25, 0.3) is 0 Å². The van der Waals surface area contributed by atoms with Gasteiger partial charge in [0, 0.05) is 32.2 Å². The molecule has 1 heterocycles. The lowest BCUT2D eigenvalue weighted by molar-refractivity contribution is 0.108. The van der Waals surface area contributed by atoms with Gasteiger partial charge in [-0.25, -0.2) is 0 Å². The summed E-state index contributed by atoms with van der Waals surface area (Å²) in [7, 11) is 0. The lowest BCUT2D eigenvalue weighted by atomic mass is 10.2. The van der Waals surface area contributed by atoms with Gasteiger partial charge in [-0.2, -0.15) is 0 Å². The lowest BCUT2D eigenvalue weighted by Gasteiger charge is -2.36. The van der Waals surface area contributed by atoms with Gasteiger partial charge in [-0.05, 0) is 33.4 Å². The summed E-state index contributed by atoms with van der Waals surface area (Å²) in [5.74, 6) is 0. The minimum absolute atomic E-state index is 0.705. The van der Waals surface area contributed by atoms with E-state index in [0.29, 0.717) is 6.04 Å². The molecule has 0 bridgehead atoms. The van der Waals surface area contributed by atoms with E-state index in [1.165, 1.54) is 32.7 Å². The quantitative estimate of drug-likeness (QED) is 0.686. The largest absolute Gasteiger partial charge is 0.330 e. The second-order valence-corrected chi connectivity index (χ2v) is 4.11. The van der Waals surface area contributed by atoms with Gasteiger partial charge in [0.25, 0.3) is 0 Å². The van der Waals surface area contributed by atoms with Gasteiger partial charge in [-0.3, -0.25) is 4.90 Å². The lowest BCUT2D eigenvalue weighted by Crippen LogP contribution is -2.49. The van der Waals surface area contributed by atoms with Gasteiger partial charge in [-0.15, -0.1) is 0 Å². The molecule has 1 aliphatic rings. The third kappa shape index (κ3) is 3.63. The van der Waals surface area contributed by atoms with E-state index in [2.05, 4.69) is 23.6 Å². The fraction of sp³-hybridized carbons (Fsp3) is 1.00. The first kappa shape index (κ1) is 11.0. The zero-order chi connectivity index (χ0) is 9.68. The molecule has 0 saturated carbocycles. The van der Waals surface area contributed by atoms with Crippen LogP contribution in [0.3, 0.4) is 0 Å². The number of nitrogens with two attached hydrogens (primary N) is 1.